The van der Waals surface area contributed by atoms with Crippen molar-refractivity contribution in [1.82, 2.24) is 0 Å². The van der Waals surface area contributed by atoms with Crippen molar-refractivity contribution >= 4 is 38.9 Å². The minimum atomic E-state index is -3.99. The maximum atomic E-state index is 13.5. The zero-order valence-corrected chi connectivity index (χ0v) is 20.2. The highest BCUT2D eigenvalue weighted by Crippen LogP contribution is 2.27. The van der Waals surface area contributed by atoms with Gasteiger partial charge in [0.2, 0.25) is 5.91 Å². The number of rotatable bonds is 7. The average molecular weight is 471 g/mol. The molecule has 0 heterocycles. The monoisotopic (exact) mass is 470 g/mol. The first-order valence-corrected chi connectivity index (χ1v) is 12.1. The van der Waals surface area contributed by atoms with Gasteiger partial charge in [0.1, 0.15) is 6.54 Å². The lowest BCUT2D eigenvalue weighted by molar-refractivity contribution is -0.114. The van der Waals surface area contributed by atoms with E-state index < -0.39 is 15.9 Å². The summed E-state index contributed by atoms with van der Waals surface area (Å²) in [6.07, 6.45) is 0. The van der Waals surface area contributed by atoms with Crippen molar-refractivity contribution in [3.63, 3.8) is 0 Å². The predicted molar refractivity (Wildman–Crippen MR) is 131 cm³/mol. The SMILES string of the molecule is Cc1ccc(N(CC(=O)Nc2ccc(C(C)C)cc2)S(=O)(=O)c2ccc(Cl)cc2)cc1C. The van der Waals surface area contributed by atoms with E-state index in [0.717, 1.165) is 21.0 Å². The molecule has 0 bridgehead atoms. The predicted octanol–water partition coefficient (Wildman–Crippen LogP) is 5.91. The van der Waals surface area contributed by atoms with Crippen molar-refractivity contribution in [2.24, 2.45) is 0 Å². The Morgan fingerprint density at radius 3 is 2.12 bits per heavy atom. The van der Waals surface area contributed by atoms with E-state index in [1.807, 2.05) is 44.2 Å². The molecule has 32 heavy (non-hydrogen) atoms. The molecule has 3 aromatic carbocycles. The fraction of sp³-hybridized carbons (Fsp3) is 0.240. The molecule has 0 aliphatic heterocycles. The molecule has 0 spiro atoms. The van der Waals surface area contributed by atoms with Crippen LogP contribution >= 0.6 is 11.6 Å². The third-order valence-electron chi connectivity index (χ3n) is 5.33. The number of hydrogen-bond acceptors (Lipinski definition) is 3. The molecule has 3 rings (SSSR count). The smallest absolute Gasteiger partial charge is 0.264 e. The van der Waals surface area contributed by atoms with Crippen LogP contribution < -0.4 is 9.62 Å². The Hall–Kier alpha value is -2.83. The topological polar surface area (TPSA) is 66.5 Å². The lowest BCUT2D eigenvalue weighted by Crippen LogP contribution is -2.38. The van der Waals surface area contributed by atoms with Gasteiger partial charge in [-0.2, -0.15) is 0 Å². The lowest BCUT2D eigenvalue weighted by atomic mass is 10.0. The number of amides is 1. The highest BCUT2D eigenvalue weighted by Gasteiger charge is 2.27. The molecule has 3 aromatic rings. The van der Waals surface area contributed by atoms with Crippen LogP contribution in [0.1, 0.15) is 36.5 Å². The van der Waals surface area contributed by atoms with Gasteiger partial charge < -0.3 is 5.32 Å². The Balaban J connectivity index is 1.92. The zero-order chi connectivity index (χ0) is 23.5. The second-order valence-corrected chi connectivity index (χ2v) is 10.4. The summed E-state index contributed by atoms with van der Waals surface area (Å²) in [4.78, 5) is 12.9. The Bertz CT molecular complexity index is 1200. The normalized spacial score (nSPS) is 11.4. The van der Waals surface area contributed by atoms with Gasteiger partial charge in [-0.05, 0) is 85.0 Å². The number of hydrogen-bond donors (Lipinski definition) is 1. The molecule has 0 aliphatic carbocycles. The number of aryl methyl sites for hydroxylation is 2. The van der Waals surface area contributed by atoms with Gasteiger partial charge in [0.15, 0.2) is 0 Å². The summed E-state index contributed by atoms with van der Waals surface area (Å²) in [6.45, 7) is 7.68. The Kier molecular flexibility index (Phi) is 7.26. The van der Waals surface area contributed by atoms with E-state index in [1.54, 1.807) is 12.1 Å². The summed E-state index contributed by atoms with van der Waals surface area (Å²) in [5.41, 5.74) is 4.16. The first-order valence-electron chi connectivity index (χ1n) is 10.3. The molecule has 168 valence electrons. The lowest BCUT2D eigenvalue weighted by Gasteiger charge is -2.25. The fourth-order valence-corrected chi connectivity index (χ4v) is 4.75. The largest absolute Gasteiger partial charge is 0.325 e. The third kappa shape index (κ3) is 5.50. The van der Waals surface area contributed by atoms with Crippen molar-refractivity contribution in [2.75, 3.05) is 16.2 Å². The second-order valence-electron chi connectivity index (χ2n) is 8.06. The van der Waals surface area contributed by atoms with Gasteiger partial charge in [-0.25, -0.2) is 8.42 Å². The van der Waals surface area contributed by atoms with Crippen molar-refractivity contribution < 1.29 is 13.2 Å². The summed E-state index contributed by atoms with van der Waals surface area (Å²) in [5.74, 6) is -0.0531. The van der Waals surface area contributed by atoms with Gasteiger partial charge in [0.25, 0.3) is 10.0 Å². The van der Waals surface area contributed by atoms with Crippen LogP contribution in [-0.4, -0.2) is 20.9 Å². The Morgan fingerprint density at radius 1 is 0.938 bits per heavy atom. The van der Waals surface area contributed by atoms with Gasteiger partial charge in [-0.3, -0.25) is 9.10 Å². The maximum Gasteiger partial charge on any atom is 0.264 e. The van der Waals surface area contributed by atoms with Gasteiger partial charge in [0.05, 0.1) is 10.6 Å². The molecule has 0 aliphatic rings. The molecule has 0 saturated carbocycles. The minimum Gasteiger partial charge on any atom is -0.325 e. The Morgan fingerprint density at radius 2 is 1.56 bits per heavy atom. The summed E-state index contributed by atoms with van der Waals surface area (Å²) in [7, 11) is -3.99. The van der Waals surface area contributed by atoms with Crippen LogP contribution in [-0.2, 0) is 14.8 Å². The number of carbonyl (C=O) groups is 1. The van der Waals surface area contributed by atoms with Crippen LogP contribution in [0.3, 0.4) is 0 Å². The molecule has 7 heteroatoms. The summed E-state index contributed by atoms with van der Waals surface area (Å²) in [6, 6.07) is 18.8. The number of nitrogens with one attached hydrogen (secondary N) is 1. The molecular weight excluding hydrogens is 444 g/mol. The standard InChI is InChI=1S/C25H27ClN2O3S/c1-17(2)20-6-10-22(11-7-20)27-25(29)16-28(23-12-5-18(3)19(4)15-23)32(30,31)24-13-8-21(26)9-14-24/h5-15,17H,16H2,1-4H3,(H,27,29). The van der Waals surface area contributed by atoms with Crippen LogP contribution in [0.25, 0.3) is 0 Å². The van der Waals surface area contributed by atoms with Crippen LogP contribution in [0, 0.1) is 13.8 Å². The van der Waals surface area contributed by atoms with Crippen molar-refractivity contribution in [3.05, 3.63) is 88.4 Å². The van der Waals surface area contributed by atoms with Gasteiger partial charge >= 0.3 is 0 Å². The molecule has 1 N–H and O–H groups in total. The van der Waals surface area contributed by atoms with E-state index in [4.69, 9.17) is 11.6 Å². The van der Waals surface area contributed by atoms with E-state index >= 15 is 0 Å². The van der Waals surface area contributed by atoms with E-state index in [1.165, 1.54) is 24.3 Å². The van der Waals surface area contributed by atoms with Gasteiger partial charge in [-0.15, -0.1) is 0 Å². The first-order chi connectivity index (χ1) is 15.1. The molecule has 1 amide bonds. The second kappa shape index (κ2) is 9.76. The average Bonchev–Trinajstić information content (AvgIpc) is 2.74. The highest BCUT2D eigenvalue weighted by molar-refractivity contribution is 7.92. The fourth-order valence-electron chi connectivity index (χ4n) is 3.21. The molecule has 0 unspecified atom stereocenters. The summed E-state index contributed by atoms with van der Waals surface area (Å²) in [5, 5.41) is 3.24. The van der Waals surface area contributed by atoms with Crippen molar-refractivity contribution in [2.45, 2.75) is 38.5 Å². The summed E-state index contributed by atoms with van der Waals surface area (Å²) < 4.78 is 28.0. The molecule has 0 saturated heterocycles. The van der Waals surface area contributed by atoms with E-state index in [-0.39, 0.29) is 11.4 Å². The van der Waals surface area contributed by atoms with E-state index in [9.17, 15) is 13.2 Å². The number of anilines is 2. The number of sulfonamides is 1. The number of carbonyl (C=O) groups excluding carboxylic acids is 1. The number of halogens is 1. The first kappa shape index (κ1) is 23.8. The molecule has 0 fully saturated rings. The van der Waals surface area contributed by atoms with Gasteiger partial charge in [-0.1, -0.05) is 43.6 Å². The Labute approximate surface area is 195 Å². The third-order valence-corrected chi connectivity index (χ3v) is 7.37. The molecule has 5 nitrogen and oxygen atoms in total. The van der Waals surface area contributed by atoms with Crippen LogP contribution in [0.15, 0.2) is 71.6 Å². The van der Waals surface area contributed by atoms with E-state index in [2.05, 4.69) is 19.2 Å². The van der Waals surface area contributed by atoms with Crippen molar-refractivity contribution in [1.29, 1.82) is 0 Å². The molecule has 0 aromatic heterocycles. The number of benzene rings is 3. The molecule has 0 atom stereocenters. The van der Waals surface area contributed by atoms with Crippen molar-refractivity contribution in [3.8, 4) is 0 Å². The quantitative estimate of drug-likeness (QED) is 0.466. The van der Waals surface area contributed by atoms with Crippen LogP contribution in [0.2, 0.25) is 5.02 Å². The zero-order valence-electron chi connectivity index (χ0n) is 18.6. The maximum absolute atomic E-state index is 13.5. The molecular formula is C25H27ClN2O3S. The summed E-state index contributed by atoms with van der Waals surface area (Å²) >= 11 is 5.93. The van der Waals surface area contributed by atoms with Gasteiger partial charge in [0, 0.05) is 10.7 Å². The minimum absolute atomic E-state index is 0.0641. The molecule has 0 radical (unpaired) electrons. The highest BCUT2D eigenvalue weighted by atomic mass is 35.5. The van der Waals surface area contributed by atoms with Crippen LogP contribution in [0.4, 0.5) is 11.4 Å². The van der Waals surface area contributed by atoms with E-state index in [0.29, 0.717) is 22.3 Å². The van der Waals surface area contributed by atoms with Crippen LogP contribution in [0.5, 0.6) is 0 Å². The number of nitrogens with zero attached hydrogens (tertiary/aromatic N) is 1.